The predicted octanol–water partition coefficient (Wildman–Crippen LogP) is 2.47. The van der Waals surface area contributed by atoms with E-state index in [2.05, 4.69) is 9.97 Å². The fraction of sp³-hybridized carbons (Fsp3) is 0.286. The van der Waals surface area contributed by atoms with Gasteiger partial charge in [-0.05, 0) is 38.0 Å². The summed E-state index contributed by atoms with van der Waals surface area (Å²) < 4.78 is 5.54. The van der Waals surface area contributed by atoms with Gasteiger partial charge in [0, 0.05) is 18.4 Å². The Morgan fingerprint density at radius 3 is 2.33 bits per heavy atom. The van der Waals surface area contributed by atoms with Crippen LogP contribution in [0.25, 0.3) is 0 Å². The highest BCUT2D eigenvalue weighted by Crippen LogP contribution is 2.17. The van der Waals surface area contributed by atoms with Crippen LogP contribution in [0.1, 0.15) is 18.1 Å². The van der Waals surface area contributed by atoms with E-state index in [0.29, 0.717) is 6.01 Å². The number of hydrogen-bond donors (Lipinski definition) is 1. The maximum absolute atomic E-state index is 5.71. The first-order valence-corrected chi connectivity index (χ1v) is 5.94. The standard InChI is InChI=1S/C14H17N3O/c1-10-3-5-13(6-4-10)18-14-16-8-12(9-17-14)7-11(2)15/h3-6,8-9,11H,7,15H2,1-2H3. The van der Waals surface area contributed by atoms with Crippen LogP contribution in [0.15, 0.2) is 36.7 Å². The fourth-order valence-electron chi connectivity index (χ4n) is 1.58. The summed E-state index contributed by atoms with van der Waals surface area (Å²) in [5.74, 6) is 0.737. The number of hydrogen-bond acceptors (Lipinski definition) is 4. The van der Waals surface area contributed by atoms with Crippen LogP contribution < -0.4 is 10.5 Å². The normalized spacial score (nSPS) is 12.2. The van der Waals surface area contributed by atoms with Gasteiger partial charge in [-0.1, -0.05) is 17.7 Å². The molecule has 0 fully saturated rings. The van der Waals surface area contributed by atoms with E-state index in [1.165, 1.54) is 5.56 Å². The number of aromatic nitrogens is 2. The SMILES string of the molecule is Cc1ccc(Oc2ncc(CC(C)N)cn2)cc1. The van der Waals surface area contributed by atoms with Crippen molar-refractivity contribution in [3.05, 3.63) is 47.8 Å². The van der Waals surface area contributed by atoms with Gasteiger partial charge in [-0.3, -0.25) is 0 Å². The lowest BCUT2D eigenvalue weighted by Gasteiger charge is -2.06. The van der Waals surface area contributed by atoms with E-state index >= 15 is 0 Å². The van der Waals surface area contributed by atoms with Crippen molar-refractivity contribution in [3.63, 3.8) is 0 Å². The molecular formula is C14H17N3O. The average Bonchev–Trinajstić information content (AvgIpc) is 2.34. The molecule has 94 valence electrons. The maximum Gasteiger partial charge on any atom is 0.321 e. The molecular weight excluding hydrogens is 226 g/mol. The second-order valence-electron chi connectivity index (χ2n) is 4.47. The Kier molecular flexibility index (Phi) is 3.89. The van der Waals surface area contributed by atoms with E-state index in [1.807, 2.05) is 38.1 Å². The van der Waals surface area contributed by atoms with E-state index < -0.39 is 0 Å². The van der Waals surface area contributed by atoms with Gasteiger partial charge in [-0.15, -0.1) is 0 Å². The molecule has 2 N–H and O–H groups in total. The molecule has 18 heavy (non-hydrogen) atoms. The number of rotatable bonds is 4. The molecule has 4 heteroatoms. The summed E-state index contributed by atoms with van der Waals surface area (Å²) in [7, 11) is 0. The number of benzene rings is 1. The van der Waals surface area contributed by atoms with Crippen molar-refractivity contribution < 1.29 is 4.74 Å². The van der Waals surface area contributed by atoms with Crippen molar-refractivity contribution in [2.45, 2.75) is 26.3 Å². The first-order chi connectivity index (χ1) is 8.63. The van der Waals surface area contributed by atoms with Gasteiger partial charge in [0.1, 0.15) is 5.75 Å². The molecule has 1 heterocycles. The number of ether oxygens (including phenoxy) is 1. The van der Waals surface area contributed by atoms with Crippen molar-refractivity contribution in [2.75, 3.05) is 0 Å². The van der Waals surface area contributed by atoms with Gasteiger partial charge in [0.15, 0.2) is 0 Å². The lowest BCUT2D eigenvalue weighted by atomic mass is 10.1. The lowest BCUT2D eigenvalue weighted by Crippen LogP contribution is -2.17. The summed E-state index contributed by atoms with van der Waals surface area (Å²) in [6, 6.07) is 8.23. The van der Waals surface area contributed by atoms with Crippen molar-refractivity contribution in [3.8, 4) is 11.8 Å². The molecule has 0 saturated carbocycles. The Balaban J connectivity index is 2.04. The highest BCUT2D eigenvalue weighted by Gasteiger charge is 2.02. The minimum Gasteiger partial charge on any atom is -0.424 e. The van der Waals surface area contributed by atoms with Crippen LogP contribution in [0.5, 0.6) is 11.8 Å². The van der Waals surface area contributed by atoms with E-state index in [-0.39, 0.29) is 6.04 Å². The Morgan fingerprint density at radius 1 is 1.17 bits per heavy atom. The zero-order valence-corrected chi connectivity index (χ0v) is 10.6. The summed E-state index contributed by atoms with van der Waals surface area (Å²) in [6.45, 7) is 3.99. The molecule has 0 bridgehead atoms. The fourth-order valence-corrected chi connectivity index (χ4v) is 1.58. The first-order valence-electron chi connectivity index (χ1n) is 5.94. The molecule has 1 atom stereocenters. The van der Waals surface area contributed by atoms with Gasteiger partial charge in [0.25, 0.3) is 0 Å². The minimum atomic E-state index is 0.109. The molecule has 1 aromatic heterocycles. The molecule has 0 saturated heterocycles. The van der Waals surface area contributed by atoms with E-state index in [9.17, 15) is 0 Å². The summed E-state index contributed by atoms with van der Waals surface area (Å²) in [4.78, 5) is 8.32. The number of nitrogens with two attached hydrogens (primary N) is 1. The summed E-state index contributed by atoms with van der Waals surface area (Å²) >= 11 is 0. The predicted molar refractivity (Wildman–Crippen MR) is 70.6 cm³/mol. The van der Waals surface area contributed by atoms with Gasteiger partial charge in [-0.25, -0.2) is 9.97 Å². The molecule has 2 aromatic rings. The second-order valence-corrected chi connectivity index (χ2v) is 4.47. The van der Waals surface area contributed by atoms with Crippen molar-refractivity contribution >= 4 is 0 Å². The maximum atomic E-state index is 5.71. The van der Waals surface area contributed by atoms with Gasteiger partial charge >= 0.3 is 6.01 Å². The van der Waals surface area contributed by atoms with E-state index in [1.54, 1.807) is 12.4 Å². The number of nitrogens with zero attached hydrogens (tertiary/aromatic N) is 2. The summed E-state index contributed by atoms with van der Waals surface area (Å²) in [6.07, 6.45) is 4.27. The molecule has 4 nitrogen and oxygen atoms in total. The van der Waals surface area contributed by atoms with Crippen LogP contribution in [0, 0.1) is 6.92 Å². The topological polar surface area (TPSA) is 61.0 Å². The van der Waals surface area contributed by atoms with Gasteiger partial charge in [-0.2, -0.15) is 0 Å². The highest BCUT2D eigenvalue weighted by molar-refractivity contribution is 5.28. The summed E-state index contributed by atoms with van der Waals surface area (Å²) in [5.41, 5.74) is 7.92. The quantitative estimate of drug-likeness (QED) is 0.896. The van der Waals surface area contributed by atoms with Crippen LogP contribution >= 0.6 is 0 Å². The third-order valence-corrected chi connectivity index (χ3v) is 2.47. The first kappa shape index (κ1) is 12.5. The molecule has 0 amide bonds. The number of aryl methyl sites for hydroxylation is 1. The molecule has 2 rings (SSSR count). The molecule has 1 aromatic carbocycles. The van der Waals surface area contributed by atoms with Crippen LogP contribution in [0.4, 0.5) is 0 Å². The van der Waals surface area contributed by atoms with Gasteiger partial charge in [0.05, 0.1) is 0 Å². The second kappa shape index (κ2) is 5.60. The van der Waals surface area contributed by atoms with Crippen molar-refractivity contribution in [2.24, 2.45) is 5.73 Å². The van der Waals surface area contributed by atoms with Gasteiger partial charge in [0.2, 0.25) is 0 Å². The molecule has 0 aliphatic rings. The Bertz CT molecular complexity index is 491. The van der Waals surface area contributed by atoms with Crippen LogP contribution in [0.2, 0.25) is 0 Å². The Morgan fingerprint density at radius 2 is 1.78 bits per heavy atom. The third-order valence-electron chi connectivity index (χ3n) is 2.47. The van der Waals surface area contributed by atoms with E-state index in [4.69, 9.17) is 10.5 Å². The molecule has 0 aliphatic carbocycles. The smallest absolute Gasteiger partial charge is 0.321 e. The summed E-state index contributed by atoms with van der Waals surface area (Å²) in [5, 5.41) is 0. The average molecular weight is 243 g/mol. The zero-order chi connectivity index (χ0) is 13.0. The van der Waals surface area contributed by atoms with Gasteiger partial charge < -0.3 is 10.5 Å². The van der Waals surface area contributed by atoms with Crippen LogP contribution in [0.3, 0.4) is 0 Å². The minimum absolute atomic E-state index is 0.109. The molecule has 0 radical (unpaired) electrons. The largest absolute Gasteiger partial charge is 0.424 e. The van der Waals surface area contributed by atoms with Crippen LogP contribution in [-0.2, 0) is 6.42 Å². The zero-order valence-electron chi connectivity index (χ0n) is 10.6. The Hall–Kier alpha value is -1.94. The van der Waals surface area contributed by atoms with Crippen molar-refractivity contribution in [1.29, 1.82) is 0 Å². The molecule has 0 aliphatic heterocycles. The monoisotopic (exact) mass is 243 g/mol. The van der Waals surface area contributed by atoms with Crippen LogP contribution in [-0.4, -0.2) is 16.0 Å². The van der Waals surface area contributed by atoms with E-state index in [0.717, 1.165) is 17.7 Å². The molecule has 1 unspecified atom stereocenters. The third kappa shape index (κ3) is 3.53. The van der Waals surface area contributed by atoms with Crippen molar-refractivity contribution in [1.82, 2.24) is 9.97 Å². The highest BCUT2D eigenvalue weighted by atomic mass is 16.5. The molecule has 0 spiro atoms. The lowest BCUT2D eigenvalue weighted by molar-refractivity contribution is 0.440. The Labute approximate surface area is 107 Å².